The first-order valence-corrected chi connectivity index (χ1v) is 7.44. The van der Waals surface area contributed by atoms with Crippen LogP contribution < -0.4 is 5.32 Å². The third-order valence-electron chi connectivity index (χ3n) is 3.51. The van der Waals surface area contributed by atoms with Crippen LogP contribution in [0.4, 0.5) is 10.5 Å². The number of hydrogen-bond donors (Lipinski definition) is 2. The number of carboxylic acid groups (broad SMARTS) is 1. The Hall–Kier alpha value is -1.46. The molecule has 1 aliphatic rings. The second-order valence-electron chi connectivity index (χ2n) is 5.09. The number of carbonyl (C=O) groups is 2. The van der Waals surface area contributed by atoms with Crippen LogP contribution in [0, 0.1) is 5.92 Å². The summed E-state index contributed by atoms with van der Waals surface area (Å²) in [5.41, 5.74) is 0.514. The topological polar surface area (TPSA) is 69.6 Å². The van der Waals surface area contributed by atoms with Gasteiger partial charge in [-0.3, -0.25) is 4.79 Å². The number of urea groups is 1. The first-order valence-electron chi connectivity index (χ1n) is 6.68. The molecule has 1 fully saturated rings. The lowest BCUT2D eigenvalue weighted by Crippen LogP contribution is -2.33. The number of aliphatic carboxylic acids is 1. The fourth-order valence-corrected chi connectivity index (χ4v) is 2.82. The number of halogens is 2. The molecule has 114 valence electrons. The van der Waals surface area contributed by atoms with Crippen molar-refractivity contribution in [2.45, 2.75) is 19.3 Å². The van der Waals surface area contributed by atoms with Crippen molar-refractivity contribution in [3.63, 3.8) is 0 Å². The highest BCUT2D eigenvalue weighted by atomic mass is 35.5. The van der Waals surface area contributed by atoms with Gasteiger partial charge >= 0.3 is 12.0 Å². The number of amides is 2. The Morgan fingerprint density at radius 3 is 2.81 bits per heavy atom. The second-order valence-corrected chi connectivity index (χ2v) is 5.93. The molecule has 7 heteroatoms. The average Bonchev–Trinajstić information content (AvgIpc) is 2.88. The highest BCUT2D eigenvalue weighted by Gasteiger charge is 2.26. The maximum Gasteiger partial charge on any atom is 0.321 e. The van der Waals surface area contributed by atoms with Gasteiger partial charge in [0.05, 0.1) is 10.7 Å². The lowest BCUT2D eigenvalue weighted by Gasteiger charge is -2.18. The Labute approximate surface area is 132 Å². The van der Waals surface area contributed by atoms with Crippen LogP contribution in [0.1, 0.15) is 19.3 Å². The summed E-state index contributed by atoms with van der Waals surface area (Å²) in [6.07, 6.45) is 1.57. The van der Waals surface area contributed by atoms with Gasteiger partial charge in [-0.25, -0.2) is 4.79 Å². The van der Waals surface area contributed by atoms with Crippen LogP contribution in [0.5, 0.6) is 0 Å². The zero-order valence-electron chi connectivity index (χ0n) is 11.3. The molecule has 21 heavy (non-hydrogen) atoms. The minimum atomic E-state index is -0.800. The summed E-state index contributed by atoms with van der Waals surface area (Å²) in [6.45, 7) is 1.20. The third kappa shape index (κ3) is 4.51. The Bertz CT molecular complexity index is 551. The monoisotopic (exact) mass is 330 g/mol. The van der Waals surface area contributed by atoms with Gasteiger partial charge in [-0.2, -0.15) is 0 Å². The number of carbonyl (C=O) groups excluding carboxylic acids is 1. The summed E-state index contributed by atoms with van der Waals surface area (Å²) in [7, 11) is 0. The van der Waals surface area contributed by atoms with Crippen molar-refractivity contribution in [2.24, 2.45) is 5.92 Å². The maximum atomic E-state index is 12.1. The van der Waals surface area contributed by atoms with Crippen LogP contribution in [-0.2, 0) is 4.79 Å². The van der Waals surface area contributed by atoms with Crippen LogP contribution in [-0.4, -0.2) is 35.1 Å². The first-order chi connectivity index (χ1) is 9.95. The summed E-state index contributed by atoms with van der Waals surface area (Å²) in [6, 6.07) is 4.65. The molecule has 0 bridgehead atoms. The molecule has 1 heterocycles. The number of nitrogens with one attached hydrogen (secondary N) is 1. The molecule has 0 saturated carbocycles. The predicted molar refractivity (Wildman–Crippen MR) is 82.0 cm³/mol. The van der Waals surface area contributed by atoms with Crippen molar-refractivity contribution in [1.29, 1.82) is 0 Å². The molecular weight excluding hydrogens is 315 g/mol. The van der Waals surface area contributed by atoms with Crippen molar-refractivity contribution in [1.82, 2.24) is 4.90 Å². The molecule has 0 radical (unpaired) electrons. The standard InChI is InChI=1S/C14H16Cl2N2O3/c15-10-2-3-12(11(16)7-10)17-14(21)18-6-5-9(8-18)1-4-13(19)20/h2-3,7,9H,1,4-6,8H2,(H,17,21)(H,19,20). The molecule has 1 atom stereocenters. The van der Waals surface area contributed by atoms with Crippen LogP contribution in [0.15, 0.2) is 18.2 Å². The molecule has 5 nitrogen and oxygen atoms in total. The van der Waals surface area contributed by atoms with Gasteiger partial charge in [-0.15, -0.1) is 0 Å². The summed E-state index contributed by atoms with van der Waals surface area (Å²) >= 11 is 11.8. The van der Waals surface area contributed by atoms with Gasteiger partial charge in [0.15, 0.2) is 0 Å². The number of rotatable bonds is 4. The van der Waals surface area contributed by atoms with Gasteiger partial charge in [0.25, 0.3) is 0 Å². The molecule has 1 aromatic carbocycles. The van der Waals surface area contributed by atoms with E-state index in [0.29, 0.717) is 35.2 Å². The summed E-state index contributed by atoms with van der Waals surface area (Å²) in [5.74, 6) is -0.557. The van der Waals surface area contributed by atoms with E-state index in [2.05, 4.69) is 5.32 Å². The van der Waals surface area contributed by atoms with Gasteiger partial charge in [-0.05, 0) is 37.0 Å². The molecule has 2 N–H and O–H groups in total. The molecule has 0 spiro atoms. The number of carboxylic acids is 1. The van der Waals surface area contributed by atoms with Crippen LogP contribution >= 0.6 is 23.2 Å². The molecule has 1 aromatic rings. The molecule has 1 saturated heterocycles. The van der Waals surface area contributed by atoms with Crippen LogP contribution in [0.3, 0.4) is 0 Å². The highest BCUT2D eigenvalue weighted by molar-refractivity contribution is 6.36. The van der Waals surface area contributed by atoms with E-state index in [-0.39, 0.29) is 18.4 Å². The molecule has 1 aliphatic heterocycles. The average molecular weight is 331 g/mol. The van der Waals surface area contributed by atoms with Crippen molar-refractivity contribution in [3.8, 4) is 0 Å². The fourth-order valence-electron chi connectivity index (χ4n) is 2.37. The van der Waals surface area contributed by atoms with E-state index < -0.39 is 5.97 Å². The van der Waals surface area contributed by atoms with E-state index in [4.69, 9.17) is 28.3 Å². The first kappa shape index (κ1) is 15.9. The summed E-state index contributed by atoms with van der Waals surface area (Å²) in [4.78, 5) is 24.4. The molecule has 0 aromatic heterocycles. The number of hydrogen-bond acceptors (Lipinski definition) is 2. The van der Waals surface area contributed by atoms with Gasteiger partial charge in [-0.1, -0.05) is 23.2 Å². The van der Waals surface area contributed by atoms with Crippen LogP contribution in [0.2, 0.25) is 10.0 Å². The molecule has 2 amide bonds. The second kappa shape index (κ2) is 7.00. The number of likely N-dealkylation sites (tertiary alicyclic amines) is 1. The largest absolute Gasteiger partial charge is 0.481 e. The lowest BCUT2D eigenvalue weighted by atomic mass is 10.0. The van der Waals surface area contributed by atoms with E-state index in [1.54, 1.807) is 23.1 Å². The molecular formula is C14H16Cl2N2O3. The quantitative estimate of drug-likeness (QED) is 0.883. The van der Waals surface area contributed by atoms with E-state index in [9.17, 15) is 9.59 Å². The van der Waals surface area contributed by atoms with Gasteiger partial charge in [0, 0.05) is 24.5 Å². The van der Waals surface area contributed by atoms with Crippen molar-refractivity contribution in [3.05, 3.63) is 28.2 Å². The zero-order chi connectivity index (χ0) is 15.4. The highest BCUT2D eigenvalue weighted by Crippen LogP contribution is 2.27. The summed E-state index contributed by atoms with van der Waals surface area (Å²) in [5, 5.41) is 12.3. The van der Waals surface area contributed by atoms with Gasteiger partial charge in [0.2, 0.25) is 0 Å². The van der Waals surface area contributed by atoms with E-state index in [1.165, 1.54) is 0 Å². The van der Waals surface area contributed by atoms with E-state index in [1.807, 2.05) is 0 Å². The fraction of sp³-hybridized carbons (Fsp3) is 0.429. The number of nitrogens with zero attached hydrogens (tertiary/aromatic N) is 1. The number of benzene rings is 1. The Kier molecular flexibility index (Phi) is 5.31. The van der Waals surface area contributed by atoms with E-state index >= 15 is 0 Å². The van der Waals surface area contributed by atoms with Gasteiger partial charge in [0.1, 0.15) is 0 Å². The molecule has 0 aliphatic carbocycles. The zero-order valence-corrected chi connectivity index (χ0v) is 12.8. The van der Waals surface area contributed by atoms with Crippen molar-refractivity contribution < 1.29 is 14.7 Å². The Balaban J connectivity index is 1.88. The SMILES string of the molecule is O=C(O)CCC1CCN(C(=O)Nc2ccc(Cl)cc2Cl)C1. The molecule has 1 unspecified atom stereocenters. The smallest absolute Gasteiger partial charge is 0.321 e. The van der Waals surface area contributed by atoms with E-state index in [0.717, 1.165) is 6.42 Å². The number of anilines is 1. The van der Waals surface area contributed by atoms with Crippen molar-refractivity contribution >= 4 is 40.9 Å². The summed E-state index contributed by atoms with van der Waals surface area (Å²) < 4.78 is 0. The predicted octanol–water partition coefficient (Wildman–Crippen LogP) is 3.71. The van der Waals surface area contributed by atoms with Crippen LogP contribution in [0.25, 0.3) is 0 Å². The Morgan fingerprint density at radius 2 is 2.14 bits per heavy atom. The Morgan fingerprint density at radius 1 is 1.38 bits per heavy atom. The maximum absolute atomic E-state index is 12.1. The normalized spacial score (nSPS) is 17.8. The van der Waals surface area contributed by atoms with Gasteiger partial charge < -0.3 is 15.3 Å². The van der Waals surface area contributed by atoms with Crippen molar-refractivity contribution in [2.75, 3.05) is 18.4 Å². The minimum absolute atomic E-state index is 0.142. The third-order valence-corrected chi connectivity index (χ3v) is 4.06. The molecule has 2 rings (SSSR count). The lowest BCUT2D eigenvalue weighted by molar-refractivity contribution is -0.137. The minimum Gasteiger partial charge on any atom is -0.481 e.